The van der Waals surface area contributed by atoms with Crippen LogP contribution in [0.3, 0.4) is 0 Å². The van der Waals surface area contributed by atoms with Gasteiger partial charge in [0.2, 0.25) is 10.0 Å². The highest BCUT2D eigenvalue weighted by Crippen LogP contribution is 2.24. The quantitative estimate of drug-likeness (QED) is 0.739. The monoisotopic (exact) mass is 300 g/mol. The molecule has 0 saturated heterocycles. The van der Waals surface area contributed by atoms with E-state index in [1.165, 1.54) is 12.1 Å². The molecule has 112 valence electrons. The molecule has 1 aromatic rings. The van der Waals surface area contributed by atoms with Gasteiger partial charge in [-0.2, -0.15) is 0 Å². The van der Waals surface area contributed by atoms with Gasteiger partial charge in [0, 0.05) is 18.2 Å². The van der Waals surface area contributed by atoms with Crippen molar-refractivity contribution in [1.82, 2.24) is 0 Å². The fourth-order valence-electron chi connectivity index (χ4n) is 1.82. The molecule has 1 atom stereocenters. The summed E-state index contributed by atoms with van der Waals surface area (Å²) >= 11 is 0. The average Bonchev–Trinajstić information content (AvgIpc) is 2.30. The maximum Gasteiger partial charge on any atom is 0.303 e. The number of rotatable bonds is 6. The molecule has 4 N–H and O–H groups in total. The van der Waals surface area contributed by atoms with Crippen LogP contribution in [0, 0.1) is 13.8 Å². The number of sulfonamides is 1. The van der Waals surface area contributed by atoms with Gasteiger partial charge in [0.05, 0.1) is 4.90 Å². The third-order valence-electron chi connectivity index (χ3n) is 3.16. The zero-order chi connectivity index (χ0) is 15.5. The second-order valence-corrected chi connectivity index (χ2v) is 6.50. The first-order chi connectivity index (χ1) is 9.11. The van der Waals surface area contributed by atoms with Gasteiger partial charge in [0.1, 0.15) is 0 Å². The van der Waals surface area contributed by atoms with E-state index < -0.39 is 16.0 Å². The number of hydrogen-bond acceptors (Lipinski definition) is 4. The molecular formula is C13H20N2O4S. The van der Waals surface area contributed by atoms with Gasteiger partial charge >= 0.3 is 5.97 Å². The van der Waals surface area contributed by atoms with Crippen molar-refractivity contribution < 1.29 is 18.3 Å². The van der Waals surface area contributed by atoms with Crippen molar-refractivity contribution in [2.45, 2.75) is 44.6 Å². The normalized spacial score (nSPS) is 13.0. The average molecular weight is 300 g/mol. The Morgan fingerprint density at radius 2 is 2.00 bits per heavy atom. The highest BCUT2D eigenvalue weighted by Gasteiger charge is 2.14. The standard InChI is InChI=1S/C13H20N2O4S/c1-8-6-11(20(14,18)19)7-12(10(8)3)15-9(2)4-5-13(16)17/h6-7,9,15H,4-5H2,1-3H3,(H,16,17)(H2,14,18,19). The lowest BCUT2D eigenvalue weighted by atomic mass is 10.1. The van der Waals surface area contributed by atoms with Crippen LogP contribution >= 0.6 is 0 Å². The zero-order valence-corrected chi connectivity index (χ0v) is 12.6. The smallest absolute Gasteiger partial charge is 0.303 e. The van der Waals surface area contributed by atoms with E-state index in [0.29, 0.717) is 12.1 Å². The molecule has 1 aromatic carbocycles. The molecule has 6 nitrogen and oxygen atoms in total. The second kappa shape index (κ2) is 6.23. The Morgan fingerprint density at radius 3 is 2.50 bits per heavy atom. The molecule has 7 heteroatoms. The molecule has 0 heterocycles. The number of primary sulfonamides is 1. The highest BCUT2D eigenvalue weighted by molar-refractivity contribution is 7.89. The van der Waals surface area contributed by atoms with E-state index in [4.69, 9.17) is 10.2 Å². The lowest BCUT2D eigenvalue weighted by Gasteiger charge is -2.18. The van der Waals surface area contributed by atoms with Crippen LogP contribution < -0.4 is 10.5 Å². The molecule has 0 saturated carbocycles. The van der Waals surface area contributed by atoms with Gasteiger partial charge in [0.25, 0.3) is 0 Å². The molecule has 0 fully saturated rings. The number of hydrogen-bond donors (Lipinski definition) is 3. The van der Waals surface area contributed by atoms with E-state index in [2.05, 4.69) is 5.32 Å². The number of carboxylic acids is 1. The van der Waals surface area contributed by atoms with Crippen molar-refractivity contribution in [1.29, 1.82) is 0 Å². The lowest BCUT2D eigenvalue weighted by Crippen LogP contribution is -2.19. The second-order valence-electron chi connectivity index (χ2n) is 4.94. The van der Waals surface area contributed by atoms with Gasteiger partial charge in [-0.25, -0.2) is 13.6 Å². The molecule has 1 unspecified atom stereocenters. The summed E-state index contributed by atoms with van der Waals surface area (Å²) in [6.07, 6.45) is 0.508. The van der Waals surface area contributed by atoms with Crippen LogP contribution in [0.1, 0.15) is 30.9 Å². The third kappa shape index (κ3) is 4.50. The Morgan fingerprint density at radius 1 is 1.40 bits per heavy atom. The fraction of sp³-hybridized carbons (Fsp3) is 0.462. The summed E-state index contributed by atoms with van der Waals surface area (Å²) in [7, 11) is -3.76. The van der Waals surface area contributed by atoms with Gasteiger partial charge < -0.3 is 10.4 Å². The van der Waals surface area contributed by atoms with Gasteiger partial charge in [0.15, 0.2) is 0 Å². The molecule has 0 amide bonds. The Bertz CT molecular complexity index is 611. The fourth-order valence-corrected chi connectivity index (χ4v) is 2.44. The number of nitrogens with two attached hydrogens (primary N) is 1. The first kappa shape index (κ1) is 16.5. The van der Waals surface area contributed by atoms with E-state index in [9.17, 15) is 13.2 Å². The van der Waals surface area contributed by atoms with Crippen LogP contribution in [0.5, 0.6) is 0 Å². The van der Waals surface area contributed by atoms with Crippen molar-refractivity contribution in [2.75, 3.05) is 5.32 Å². The van der Waals surface area contributed by atoms with Crippen LogP contribution in [-0.2, 0) is 14.8 Å². The van der Waals surface area contributed by atoms with Crippen molar-refractivity contribution in [2.24, 2.45) is 5.14 Å². The molecule has 0 radical (unpaired) electrons. The summed E-state index contributed by atoms with van der Waals surface area (Å²) < 4.78 is 22.8. The summed E-state index contributed by atoms with van der Waals surface area (Å²) in [6, 6.07) is 2.92. The largest absolute Gasteiger partial charge is 0.481 e. The minimum atomic E-state index is -3.76. The predicted octanol–water partition coefficient (Wildman–Crippen LogP) is 1.62. The van der Waals surface area contributed by atoms with Gasteiger partial charge in [-0.1, -0.05) is 0 Å². The summed E-state index contributed by atoms with van der Waals surface area (Å²) in [5, 5.41) is 16.9. The maximum atomic E-state index is 11.4. The van der Waals surface area contributed by atoms with E-state index >= 15 is 0 Å². The Hall–Kier alpha value is -1.60. The Labute approximate surface area is 119 Å². The number of carboxylic acid groups (broad SMARTS) is 1. The third-order valence-corrected chi connectivity index (χ3v) is 4.06. The predicted molar refractivity (Wildman–Crippen MR) is 77.2 cm³/mol. The van der Waals surface area contributed by atoms with Crippen molar-refractivity contribution in [3.8, 4) is 0 Å². The number of aryl methyl sites for hydroxylation is 1. The van der Waals surface area contributed by atoms with Gasteiger partial charge in [-0.05, 0) is 50.5 Å². The summed E-state index contributed by atoms with van der Waals surface area (Å²) in [6.45, 7) is 5.52. The van der Waals surface area contributed by atoms with Crippen LogP contribution in [0.4, 0.5) is 5.69 Å². The van der Waals surface area contributed by atoms with E-state index in [-0.39, 0.29) is 17.4 Å². The number of nitrogens with one attached hydrogen (secondary N) is 1. The molecular weight excluding hydrogens is 280 g/mol. The summed E-state index contributed by atoms with van der Waals surface area (Å²) in [5.41, 5.74) is 2.39. The SMILES string of the molecule is Cc1cc(S(N)(=O)=O)cc(NC(C)CCC(=O)O)c1C. The first-order valence-corrected chi connectivity index (χ1v) is 7.78. The van der Waals surface area contributed by atoms with Crippen molar-refractivity contribution >= 4 is 21.7 Å². The first-order valence-electron chi connectivity index (χ1n) is 6.23. The summed E-state index contributed by atoms with van der Waals surface area (Å²) in [5.74, 6) is -0.857. The molecule has 0 aliphatic heterocycles. The zero-order valence-electron chi connectivity index (χ0n) is 11.8. The van der Waals surface area contributed by atoms with Crippen LogP contribution in [-0.4, -0.2) is 25.5 Å². The van der Waals surface area contributed by atoms with Crippen LogP contribution in [0.25, 0.3) is 0 Å². The summed E-state index contributed by atoms with van der Waals surface area (Å²) in [4.78, 5) is 10.6. The Kier molecular flexibility index (Phi) is 5.13. The van der Waals surface area contributed by atoms with Gasteiger partial charge in [-0.15, -0.1) is 0 Å². The van der Waals surface area contributed by atoms with Crippen molar-refractivity contribution in [3.63, 3.8) is 0 Å². The number of anilines is 1. The molecule has 1 rings (SSSR count). The molecule has 0 aliphatic carbocycles. The van der Waals surface area contributed by atoms with Gasteiger partial charge in [-0.3, -0.25) is 4.79 Å². The molecule has 0 aromatic heterocycles. The minimum absolute atomic E-state index is 0.0496. The molecule has 0 spiro atoms. The molecule has 20 heavy (non-hydrogen) atoms. The van der Waals surface area contributed by atoms with Crippen LogP contribution in [0.15, 0.2) is 17.0 Å². The van der Waals surface area contributed by atoms with E-state index in [1.807, 2.05) is 13.8 Å². The number of carbonyl (C=O) groups is 1. The Balaban J connectivity index is 3.00. The van der Waals surface area contributed by atoms with E-state index in [0.717, 1.165) is 11.1 Å². The van der Waals surface area contributed by atoms with Crippen molar-refractivity contribution in [3.05, 3.63) is 23.3 Å². The number of aliphatic carboxylic acids is 1. The molecule has 0 aliphatic rings. The number of benzene rings is 1. The molecule has 0 bridgehead atoms. The lowest BCUT2D eigenvalue weighted by molar-refractivity contribution is -0.137. The highest BCUT2D eigenvalue weighted by atomic mass is 32.2. The maximum absolute atomic E-state index is 11.4. The van der Waals surface area contributed by atoms with Crippen LogP contribution in [0.2, 0.25) is 0 Å². The topological polar surface area (TPSA) is 109 Å². The van der Waals surface area contributed by atoms with E-state index in [1.54, 1.807) is 6.92 Å². The minimum Gasteiger partial charge on any atom is -0.481 e.